The molecule has 1 amide bonds. The molecule has 0 fully saturated rings. The van der Waals surface area contributed by atoms with E-state index in [1.54, 1.807) is 48.5 Å². The minimum absolute atomic E-state index is 0.198. The van der Waals surface area contributed by atoms with Gasteiger partial charge < -0.3 is 19.5 Å². The minimum atomic E-state index is -3.79. The number of benzene rings is 3. The smallest absolute Gasteiger partial charge is 0.241 e. The number of rotatable bonds is 11. The van der Waals surface area contributed by atoms with Crippen molar-refractivity contribution in [2.24, 2.45) is 0 Å². The lowest BCUT2D eigenvalue weighted by molar-refractivity contribution is -0.119. The summed E-state index contributed by atoms with van der Waals surface area (Å²) < 4.78 is 55.0. The molecule has 0 saturated carbocycles. The molecule has 0 aliphatic heterocycles. The van der Waals surface area contributed by atoms with Crippen molar-refractivity contribution in [2.75, 3.05) is 31.3 Å². The summed E-state index contributed by atoms with van der Waals surface area (Å²) in [5.41, 5.74) is 1.84. The van der Waals surface area contributed by atoms with Gasteiger partial charge in [0.15, 0.2) is 0 Å². The Morgan fingerprint density at radius 1 is 0.914 bits per heavy atom. The van der Waals surface area contributed by atoms with Gasteiger partial charge in [-0.25, -0.2) is 12.8 Å². The molecule has 0 unspecified atom stereocenters. The summed E-state index contributed by atoms with van der Waals surface area (Å²) in [5, 5.41) is 2.73. The standard InChI is InChI=1S/C25H27FN2O6S/c1-32-22-12-13-24(33-2)23(14-22)28(35(3,30)31)16-25(29)27-15-18-6-10-21(11-7-18)34-17-19-4-8-20(26)9-5-19/h4-14H,15-17H2,1-3H3,(H,27,29). The third-order valence-electron chi connectivity index (χ3n) is 5.07. The second-order valence-electron chi connectivity index (χ2n) is 7.64. The van der Waals surface area contributed by atoms with E-state index >= 15 is 0 Å². The molecule has 0 aliphatic rings. The summed E-state index contributed by atoms with van der Waals surface area (Å²) in [6, 6.07) is 17.9. The summed E-state index contributed by atoms with van der Waals surface area (Å²) >= 11 is 0. The number of sulfonamides is 1. The fourth-order valence-corrected chi connectivity index (χ4v) is 4.06. The number of carbonyl (C=O) groups is 1. The topological polar surface area (TPSA) is 94.2 Å². The van der Waals surface area contributed by atoms with Crippen LogP contribution in [0.3, 0.4) is 0 Å². The number of anilines is 1. The Kier molecular flexibility index (Phi) is 8.53. The lowest BCUT2D eigenvalue weighted by Crippen LogP contribution is -2.40. The van der Waals surface area contributed by atoms with Gasteiger partial charge in [-0.2, -0.15) is 0 Å². The highest BCUT2D eigenvalue weighted by atomic mass is 32.2. The van der Waals surface area contributed by atoms with Crippen LogP contribution in [0.1, 0.15) is 11.1 Å². The van der Waals surface area contributed by atoms with Crippen LogP contribution in [-0.2, 0) is 28.0 Å². The zero-order valence-corrected chi connectivity index (χ0v) is 20.5. The molecule has 10 heteroatoms. The van der Waals surface area contributed by atoms with Crippen molar-refractivity contribution in [1.82, 2.24) is 5.32 Å². The number of nitrogens with zero attached hydrogens (tertiary/aromatic N) is 1. The van der Waals surface area contributed by atoms with E-state index in [1.807, 2.05) is 0 Å². The Hall–Kier alpha value is -3.79. The van der Waals surface area contributed by atoms with Gasteiger partial charge in [0.25, 0.3) is 0 Å². The second-order valence-corrected chi connectivity index (χ2v) is 9.55. The maximum absolute atomic E-state index is 13.0. The van der Waals surface area contributed by atoms with Crippen molar-refractivity contribution in [3.63, 3.8) is 0 Å². The number of carbonyl (C=O) groups excluding carboxylic acids is 1. The molecule has 0 saturated heterocycles. The first-order valence-electron chi connectivity index (χ1n) is 10.6. The third kappa shape index (κ3) is 7.35. The van der Waals surface area contributed by atoms with Crippen molar-refractivity contribution in [2.45, 2.75) is 13.2 Å². The zero-order chi connectivity index (χ0) is 25.4. The number of hydrogen-bond acceptors (Lipinski definition) is 6. The molecule has 35 heavy (non-hydrogen) atoms. The Balaban J connectivity index is 1.60. The van der Waals surface area contributed by atoms with E-state index in [2.05, 4.69) is 5.32 Å². The summed E-state index contributed by atoms with van der Waals surface area (Å²) in [4.78, 5) is 12.6. The Bertz CT molecular complexity index is 1250. The predicted molar refractivity (Wildman–Crippen MR) is 131 cm³/mol. The highest BCUT2D eigenvalue weighted by Gasteiger charge is 2.24. The molecule has 0 bridgehead atoms. The van der Waals surface area contributed by atoms with Crippen LogP contribution in [-0.4, -0.2) is 41.3 Å². The first-order chi connectivity index (χ1) is 16.7. The van der Waals surface area contributed by atoms with Gasteiger partial charge >= 0.3 is 0 Å². The average Bonchev–Trinajstić information content (AvgIpc) is 2.85. The molecule has 0 radical (unpaired) electrons. The average molecular weight is 503 g/mol. The Morgan fingerprint density at radius 2 is 1.54 bits per heavy atom. The molecular formula is C25H27FN2O6S. The van der Waals surface area contributed by atoms with Gasteiger partial charge in [-0.15, -0.1) is 0 Å². The van der Waals surface area contributed by atoms with Crippen LogP contribution in [0, 0.1) is 5.82 Å². The summed E-state index contributed by atoms with van der Waals surface area (Å²) in [5.74, 6) is 0.550. The predicted octanol–water partition coefficient (Wildman–Crippen LogP) is 3.50. The van der Waals surface area contributed by atoms with Gasteiger partial charge in [-0.3, -0.25) is 9.10 Å². The quantitative estimate of drug-likeness (QED) is 0.431. The molecule has 0 aromatic heterocycles. The van der Waals surface area contributed by atoms with Crippen LogP contribution in [0.5, 0.6) is 17.2 Å². The van der Waals surface area contributed by atoms with Crippen molar-refractivity contribution in [3.8, 4) is 17.2 Å². The molecule has 186 valence electrons. The molecule has 0 aliphatic carbocycles. The van der Waals surface area contributed by atoms with E-state index in [-0.39, 0.29) is 18.0 Å². The number of nitrogens with one attached hydrogen (secondary N) is 1. The van der Waals surface area contributed by atoms with E-state index in [4.69, 9.17) is 14.2 Å². The van der Waals surface area contributed by atoms with E-state index in [0.29, 0.717) is 23.9 Å². The van der Waals surface area contributed by atoms with Gasteiger partial charge in [0.05, 0.1) is 26.2 Å². The zero-order valence-electron chi connectivity index (χ0n) is 19.7. The molecule has 3 aromatic carbocycles. The lowest BCUT2D eigenvalue weighted by atomic mass is 10.2. The van der Waals surface area contributed by atoms with E-state index in [1.165, 1.54) is 32.4 Å². The van der Waals surface area contributed by atoms with Crippen LogP contribution in [0.4, 0.5) is 10.1 Å². The van der Waals surface area contributed by atoms with Gasteiger partial charge in [0.2, 0.25) is 15.9 Å². The minimum Gasteiger partial charge on any atom is -0.497 e. The summed E-state index contributed by atoms with van der Waals surface area (Å²) in [6.45, 7) is 0.0660. The van der Waals surface area contributed by atoms with Crippen LogP contribution >= 0.6 is 0 Å². The Labute approximate surface area is 204 Å². The monoisotopic (exact) mass is 502 g/mol. The van der Waals surface area contributed by atoms with E-state index in [9.17, 15) is 17.6 Å². The fourth-order valence-electron chi connectivity index (χ4n) is 3.21. The number of methoxy groups -OCH3 is 2. The van der Waals surface area contributed by atoms with Gasteiger partial charge in [-0.05, 0) is 47.5 Å². The second kappa shape index (κ2) is 11.6. The van der Waals surface area contributed by atoms with E-state index in [0.717, 1.165) is 21.7 Å². The molecule has 0 heterocycles. The number of halogens is 1. The maximum atomic E-state index is 13.0. The summed E-state index contributed by atoms with van der Waals surface area (Å²) in [7, 11) is -0.915. The van der Waals surface area contributed by atoms with Crippen LogP contribution in [0.25, 0.3) is 0 Å². The lowest BCUT2D eigenvalue weighted by Gasteiger charge is -2.24. The van der Waals surface area contributed by atoms with Crippen LogP contribution < -0.4 is 23.8 Å². The van der Waals surface area contributed by atoms with Crippen LogP contribution in [0.15, 0.2) is 66.7 Å². The molecule has 1 N–H and O–H groups in total. The Morgan fingerprint density at radius 3 is 2.14 bits per heavy atom. The first kappa shape index (κ1) is 25.8. The number of amides is 1. The van der Waals surface area contributed by atoms with Crippen molar-refractivity contribution >= 4 is 21.6 Å². The maximum Gasteiger partial charge on any atom is 0.241 e. The fraction of sp³-hybridized carbons (Fsp3) is 0.240. The molecule has 3 rings (SSSR count). The number of hydrogen-bond donors (Lipinski definition) is 1. The molecule has 0 atom stereocenters. The van der Waals surface area contributed by atoms with Crippen molar-refractivity contribution < 1.29 is 31.8 Å². The molecule has 0 spiro atoms. The largest absolute Gasteiger partial charge is 0.497 e. The van der Waals surface area contributed by atoms with Crippen LogP contribution in [0.2, 0.25) is 0 Å². The molecule has 8 nitrogen and oxygen atoms in total. The SMILES string of the molecule is COc1ccc(OC)c(N(CC(=O)NCc2ccc(OCc3ccc(F)cc3)cc2)S(C)(=O)=O)c1. The highest BCUT2D eigenvalue weighted by molar-refractivity contribution is 7.92. The van der Waals surface area contributed by atoms with Crippen molar-refractivity contribution in [3.05, 3.63) is 83.7 Å². The van der Waals surface area contributed by atoms with E-state index < -0.39 is 22.5 Å². The third-order valence-corrected chi connectivity index (χ3v) is 6.20. The highest BCUT2D eigenvalue weighted by Crippen LogP contribution is 2.33. The number of ether oxygens (including phenoxy) is 3. The normalized spacial score (nSPS) is 11.0. The molecular weight excluding hydrogens is 475 g/mol. The van der Waals surface area contributed by atoms with Gasteiger partial charge in [0.1, 0.15) is 36.2 Å². The van der Waals surface area contributed by atoms with Gasteiger partial charge in [0, 0.05) is 12.6 Å². The molecule has 3 aromatic rings. The first-order valence-corrected chi connectivity index (χ1v) is 12.5. The summed E-state index contributed by atoms with van der Waals surface area (Å²) in [6.07, 6.45) is 1.02. The van der Waals surface area contributed by atoms with Gasteiger partial charge in [-0.1, -0.05) is 24.3 Å². The van der Waals surface area contributed by atoms with Crippen molar-refractivity contribution in [1.29, 1.82) is 0 Å².